The molecule has 6 aromatic heterocycles. The minimum atomic E-state index is -0.0699. The van der Waals surface area contributed by atoms with Crippen LogP contribution in [-0.4, -0.2) is 48.6 Å². The third kappa shape index (κ3) is 7.32. The summed E-state index contributed by atoms with van der Waals surface area (Å²) in [4.78, 5) is 30.1. The van der Waals surface area contributed by atoms with Gasteiger partial charge in [-0.05, 0) is 121 Å². The molecule has 0 aliphatic heterocycles. The van der Waals surface area contributed by atoms with Gasteiger partial charge in [-0.3, -0.25) is 14.1 Å². The lowest BCUT2D eigenvalue weighted by Crippen LogP contribution is -2.15. The molecule has 19 rings (SSSR count). The van der Waals surface area contributed by atoms with Gasteiger partial charge in [0.05, 0.1) is 33.1 Å². The fraction of sp³-hybridized carbons (Fsp3) is 0.115. The van der Waals surface area contributed by atoms with Gasteiger partial charge in [0, 0.05) is 77.6 Å². The number of pyridine rings is 1. The van der Waals surface area contributed by atoms with Crippen molar-refractivity contribution in [3.8, 4) is 51.0 Å². The molecule has 6 heterocycles. The molecular weight excluding hydrogens is 1080 g/mol. The molecule has 0 bridgehead atoms. The maximum Gasteiger partial charge on any atom is 0.237 e. The van der Waals surface area contributed by atoms with Gasteiger partial charge < -0.3 is 4.57 Å². The van der Waals surface area contributed by atoms with E-state index in [1.54, 1.807) is 25.3 Å². The monoisotopic (exact) mass is 1130 g/mol. The Bertz CT molecular complexity index is 5550. The smallest absolute Gasteiger partial charge is 0.237 e. The molecule has 0 amide bonds. The second-order valence-corrected chi connectivity index (χ2v) is 25.0. The zero-order valence-electron chi connectivity index (χ0n) is 49.6. The topological polar surface area (TPSA) is 105 Å². The molecule has 3 aliphatic carbocycles. The number of aromatic nitrogens is 10. The highest BCUT2D eigenvalue weighted by molar-refractivity contribution is 6.17. The summed E-state index contributed by atoms with van der Waals surface area (Å²) in [6.45, 7) is 14.0. The van der Waals surface area contributed by atoms with Gasteiger partial charge >= 0.3 is 0 Å². The summed E-state index contributed by atoms with van der Waals surface area (Å²) in [6.07, 6.45) is 10.0. The number of para-hydroxylation sites is 3. The number of fused-ring (bicyclic) bond motifs is 21. The lowest BCUT2D eigenvalue weighted by molar-refractivity contribution is 0.660. The zero-order valence-corrected chi connectivity index (χ0v) is 49.6. The van der Waals surface area contributed by atoms with E-state index in [0.29, 0.717) is 11.9 Å². The molecule has 10 aromatic carbocycles. The first-order valence-electron chi connectivity index (χ1n) is 30.1. The third-order valence-electron chi connectivity index (χ3n) is 19.4. The highest BCUT2D eigenvalue weighted by Gasteiger charge is 2.40. The van der Waals surface area contributed by atoms with Crippen LogP contribution in [0.2, 0.25) is 0 Å². The Hall–Kier alpha value is -11.0. The molecule has 420 valence electrons. The summed E-state index contributed by atoms with van der Waals surface area (Å²) < 4.78 is 6.75. The van der Waals surface area contributed by atoms with Crippen LogP contribution in [0, 0.1) is 0 Å². The van der Waals surface area contributed by atoms with Crippen LogP contribution in [0.15, 0.2) is 244 Å². The Morgan fingerprint density at radius 1 is 0.318 bits per heavy atom. The lowest BCUT2D eigenvalue weighted by atomic mass is 9.80. The first-order valence-corrected chi connectivity index (χ1v) is 30.1. The quantitative estimate of drug-likeness (QED) is 0.173. The molecule has 0 fully saturated rings. The Labute approximate surface area is 508 Å². The van der Waals surface area contributed by atoms with Gasteiger partial charge in [0.1, 0.15) is 25.3 Å². The molecule has 0 saturated carbocycles. The van der Waals surface area contributed by atoms with Crippen molar-refractivity contribution in [1.82, 2.24) is 48.6 Å². The largest absolute Gasteiger partial charge is 0.309 e. The first kappa shape index (κ1) is 51.4. The van der Waals surface area contributed by atoms with E-state index in [0.717, 1.165) is 21.9 Å². The van der Waals surface area contributed by atoms with Crippen molar-refractivity contribution in [1.29, 1.82) is 0 Å². The summed E-state index contributed by atoms with van der Waals surface area (Å²) in [5, 5.41) is 9.92. The summed E-state index contributed by atoms with van der Waals surface area (Å²) in [5.41, 5.74) is 24.4. The predicted octanol–water partition coefficient (Wildman–Crippen LogP) is 18.2. The van der Waals surface area contributed by atoms with E-state index in [-0.39, 0.29) is 16.2 Å². The summed E-state index contributed by atoms with van der Waals surface area (Å²) in [6, 6.07) is 74.7. The summed E-state index contributed by atoms with van der Waals surface area (Å²) in [5.74, 6) is 1.30. The first-order chi connectivity index (χ1) is 43.0. The maximum atomic E-state index is 4.48. The molecule has 0 spiro atoms. The van der Waals surface area contributed by atoms with E-state index in [2.05, 4.69) is 296 Å². The Morgan fingerprint density at radius 2 is 0.864 bits per heavy atom. The molecule has 0 saturated heterocycles. The highest BCUT2D eigenvalue weighted by atomic mass is 15.2. The van der Waals surface area contributed by atoms with E-state index in [4.69, 9.17) is 0 Å². The fourth-order valence-corrected chi connectivity index (χ4v) is 15.3. The van der Waals surface area contributed by atoms with Gasteiger partial charge in [0.15, 0.2) is 0 Å². The second-order valence-electron chi connectivity index (χ2n) is 25.0. The van der Waals surface area contributed by atoms with Crippen molar-refractivity contribution in [2.24, 2.45) is 0 Å². The summed E-state index contributed by atoms with van der Waals surface area (Å²) in [7, 11) is 0. The van der Waals surface area contributed by atoms with Crippen molar-refractivity contribution in [2.45, 2.75) is 57.8 Å². The van der Waals surface area contributed by atoms with E-state index < -0.39 is 0 Å². The minimum Gasteiger partial charge on any atom is -0.309 e. The zero-order chi connectivity index (χ0) is 59.2. The number of nitrogens with zero attached hydrogens (tertiary/aromatic N) is 10. The number of benzene rings is 10. The van der Waals surface area contributed by atoms with E-state index in [1.165, 1.54) is 127 Å². The van der Waals surface area contributed by atoms with Gasteiger partial charge in [-0.15, -0.1) is 0 Å². The molecular formula is C78H58N10. The van der Waals surface area contributed by atoms with Crippen LogP contribution in [0.1, 0.15) is 74.9 Å². The van der Waals surface area contributed by atoms with Gasteiger partial charge in [-0.1, -0.05) is 193 Å². The van der Waals surface area contributed by atoms with E-state index >= 15 is 0 Å². The molecule has 0 radical (unpaired) electrons. The Balaban J connectivity index is 0.000000103. The molecule has 0 N–H and O–H groups in total. The van der Waals surface area contributed by atoms with Crippen LogP contribution >= 0.6 is 0 Å². The van der Waals surface area contributed by atoms with Gasteiger partial charge in [0.25, 0.3) is 0 Å². The highest BCUT2D eigenvalue weighted by Crippen LogP contribution is 2.55. The molecule has 3 aliphatic rings. The second kappa shape index (κ2) is 19.0. The predicted molar refractivity (Wildman–Crippen MR) is 357 cm³/mol. The van der Waals surface area contributed by atoms with Gasteiger partial charge in [-0.25, -0.2) is 29.9 Å². The van der Waals surface area contributed by atoms with Crippen molar-refractivity contribution in [3.05, 3.63) is 277 Å². The van der Waals surface area contributed by atoms with Crippen molar-refractivity contribution in [2.75, 3.05) is 0 Å². The number of hydrogen-bond acceptors (Lipinski definition) is 7. The third-order valence-corrected chi connectivity index (χ3v) is 19.4. The SMILES string of the molecule is CC1(C)c2ccccc2-c2c1ccc1c3ccccc3n(-c3ncncn3)c21.CC1(C)c2ccccc2-c2cc3c4ccccc4n(-c4ccc5cnccc5c4)c3cc21.CC1(C)c2ccccc2-c2ccc3c(c21)c1ccccc1n3-c1ncncn1. The average molecular weight is 1140 g/mol. The van der Waals surface area contributed by atoms with Crippen LogP contribution in [0.5, 0.6) is 0 Å². The normalized spacial score (nSPS) is 14.3. The molecule has 16 aromatic rings. The summed E-state index contributed by atoms with van der Waals surface area (Å²) >= 11 is 0. The fourth-order valence-electron chi connectivity index (χ4n) is 15.3. The van der Waals surface area contributed by atoms with E-state index in [9.17, 15) is 0 Å². The minimum absolute atomic E-state index is 0.0174. The standard InChI is InChI=1S/C30H22N2.2C24H18N4/c1-30(2)26-9-5-3-7-22(26)24-16-25-23-8-4-6-10-28(23)32(29(25)17-27(24)30)21-12-11-20-18-31-14-13-19(20)15-21;1-24(2)18-9-5-3-8-17(18)21-19(24)12-11-16-15-7-4-6-10-20(15)28(22(16)21)23-26-13-25-14-27-23;1-24(2)18-9-5-3-7-15(18)16-11-12-20-21(22(16)24)17-8-4-6-10-19(17)28(20)23-26-13-25-14-27-23/h3-18H,1-2H3;2*3-14H,1-2H3. The lowest BCUT2D eigenvalue weighted by Gasteiger charge is -2.22. The number of rotatable bonds is 3. The number of hydrogen-bond donors (Lipinski definition) is 0. The van der Waals surface area contributed by atoms with Crippen molar-refractivity contribution >= 4 is 76.2 Å². The molecule has 0 unspecified atom stereocenters. The van der Waals surface area contributed by atoms with Crippen LogP contribution < -0.4 is 0 Å². The molecule has 10 nitrogen and oxygen atoms in total. The van der Waals surface area contributed by atoms with Crippen LogP contribution in [-0.2, 0) is 16.2 Å². The van der Waals surface area contributed by atoms with Crippen LogP contribution in [0.4, 0.5) is 0 Å². The van der Waals surface area contributed by atoms with Crippen LogP contribution in [0.25, 0.3) is 127 Å². The molecule has 0 atom stereocenters. The Kier molecular flexibility index (Phi) is 11.1. The maximum absolute atomic E-state index is 4.48. The Morgan fingerprint density at radius 3 is 1.56 bits per heavy atom. The van der Waals surface area contributed by atoms with Gasteiger partial charge in [-0.2, -0.15) is 0 Å². The van der Waals surface area contributed by atoms with E-state index in [1.807, 2.05) is 12.4 Å². The van der Waals surface area contributed by atoms with Crippen molar-refractivity contribution in [3.63, 3.8) is 0 Å². The average Bonchev–Trinajstić information content (AvgIpc) is 1.62. The van der Waals surface area contributed by atoms with Crippen LogP contribution in [0.3, 0.4) is 0 Å². The van der Waals surface area contributed by atoms with Gasteiger partial charge in [0.2, 0.25) is 11.9 Å². The molecule has 88 heavy (non-hydrogen) atoms. The molecule has 10 heteroatoms. The van der Waals surface area contributed by atoms with Crippen molar-refractivity contribution < 1.29 is 0 Å².